The van der Waals surface area contributed by atoms with Gasteiger partial charge in [0.2, 0.25) is 0 Å². The molecule has 0 heterocycles. The van der Waals surface area contributed by atoms with Crippen LogP contribution in [0.2, 0.25) is 0 Å². The van der Waals surface area contributed by atoms with Crippen LogP contribution in [0.5, 0.6) is 0 Å². The first-order valence-electron chi connectivity index (χ1n) is 7.86. The topological polar surface area (TPSA) is 0 Å². The smallest absolute Gasteiger partial charge is 0.00834 e. The van der Waals surface area contributed by atoms with Gasteiger partial charge in [-0.25, -0.2) is 0 Å². The SMILES string of the molecule is c1ccc([C]2CCCC[C@@H]2C2CCCCC2)cc1. The molecule has 97 valence electrons. The highest BCUT2D eigenvalue weighted by atomic mass is 14.4. The van der Waals surface area contributed by atoms with Crippen molar-refractivity contribution in [3.8, 4) is 0 Å². The summed E-state index contributed by atoms with van der Waals surface area (Å²) in [6.07, 6.45) is 13.1. The van der Waals surface area contributed by atoms with Crippen LogP contribution >= 0.6 is 0 Å². The molecule has 0 heteroatoms. The third-order valence-electron chi connectivity index (χ3n) is 5.02. The summed E-state index contributed by atoms with van der Waals surface area (Å²) in [6.45, 7) is 0. The van der Waals surface area contributed by atoms with Crippen molar-refractivity contribution in [2.45, 2.75) is 57.8 Å². The van der Waals surface area contributed by atoms with Gasteiger partial charge in [-0.3, -0.25) is 0 Å². The second-order valence-corrected chi connectivity index (χ2v) is 6.14. The molecule has 18 heavy (non-hydrogen) atoms. The minimum absolute atomic E-state index is 0.904. The van der Waals surface area contributed by atoms with E-state index in [-0.39, 0.29) is 0 Å². The Kier molecular flexibility index (Phi) is 4.02. The first kappa shape index (κ1) is 12.3. The molecule has 2 aliphatic rings. The van der Waals surface area contributed by atoms with Crippen molar-refractivity contribution in [3.63, 3.8) is 0 Å². The molecule has 0 aromatic heterocycles. The summed E-state index contributed by atoms with van der Waals surface area (Å²) < 4.78 is 0. The standard InChI is InChI=1S/C18H25/c1-3-9-15(10-4-1)17-13-7-8-14-18(17)16-11-5-2-6-12-16/h1,3-4,9-10,16,18H,2,5-8,11-14H2/t18-/m1/s1. The highest BCUT2D eigenvalue weighted by Gasteiger charge is 2.33. The normalized spacial score (nSPS) is 27.2. The van der Waals surface area contributed by atoms with Crippen molar-refractivity contribution in [1.82, 2.24) is 0 Å². The summed E-state index contributed by atoms with van der Waals surface area (Å²) in [5.41, 5.74) is 1.53. The van der Waals surface area contributed by atoms with E-state index < -0.39 is 0 Å². The van der Waals surface area contributed by atoms with Crippen LogP contribution in [0.3, 0.4) is 0 Å². The first-order valence-corrected chi connectivity index (χ1v) is 7.86. The van der Waals surface area contributed by atoms with Gasteiger partial charge in [-0.1, -0.05) is 75.3 Å². The van der Waals surface area contributed by atoms with Crippen molar-refractivity contribution >= 4 is 0 Å². The van der Waals surface area contributed by atoms with E-state index in [4.69, 9.17) is 0 Å². The Bertz CT molecular complexity index is 348. The maximum Gasteiger partial charge on any atom is 0.00834 e. The van der Waals surface area contributed by atoms with Crippen molar-refractivity contribution in [3.05, 3.63) is 41.8 Å². The van der Waals surface area contributed by atoms with E-state index in [0.29, 0.717) is 0 Å². The summed E-state index contributed by atoms with van der Waals surface area (Å²) in [4.78, 5) is 0. The number of hydrogen-bond donors (Lipinski definition) is 0. The lowest BCUT2D eigenvalue weighted by Crippen LogP contribution is -2.27. The second kappa shape index (κ2) is 5.91. The Labute approximate surface area is 112 Å². The van der Waals surface area contributed by atoms with E-state index in [0.717, 1.165) is 11.8 Å². The molecule has 0 aliphatic heterocycles. The molecule has 0 bridgehead atoms. The molecule has 1 aromatic rings. The van der Waals surface area contributed by atoms with Gasteiger partial charge in [-0.05, 0) is 30.2 Å². The highest BCUT2D eigenvalue weighted by Crippen LogP contribution is 2.45. The minimum Gasteiger partial charge on any atom is -0.0622 e. The number of rotatable bonds is 2. The van der Waals surface area contributed by atoms with E-state index in [1.54, 1.807) is 5.92 Å². The van der Waals surface area contributed by atoms with Crippen LogP contribution in [0.1, 0.15) is 63.4 Å². The Morgan fingerprint density at radius 1 is 0.722 bits per heavy atom. The molecular weight excluding hydrogens is 216 g/mol. The summed E-state index contributed by atoms with van der Waals surface area (Å²) in [5.74, 6) is 3.68. The van der Waals surface area contributed by atoms with Gasteiger partial charge in [0.15, 0.2) is 0 Å². The molecule has 2 fully saturated rings. The minimum atomic E-state index is 0.904. The molecule has 1 atom stereocenters. The average Bonchev–Trinajstić information content (AvgIpc) is 2.49. The van der Waals surface area contributed by atoms with E-state index in [1.165, 1.54) is 63.4 Å². The summed E-state index contributed by atoms with van der Waals surface area (Å²) in [6, 6.07) is 11.2. The number of hydrogen-bond acceptors (Lipinski definition) is 0. The van der Waals surface area contributed by atoms with E-state index in [9.17, 15) is 0 Å². The van der Waals surface area contributed by atoms with Crippen molar-refractivity contribution in [2.75, 3.05) is 0 Å². The number of benzene rings is 1. The van der Waals surface area contributed by atoms with Crippen LogP contribution in [-0.2, 0) is 0 Å². The third-order valence-corrected chi connectivity index (χ3v) is 5.02. The van der Waals surface area contributed by atoms with Gasteiger partial charge in [0.25, 0.3) is 0 Å². The third kappa shape index (κ3) is 2.63. The second-order valence-electron chi connectivity index (χ2n) is 6.14. The van der Waals surface area contributed by atoms with Crippen molar-refractivity contribution < 1.29 is 0 Å². The van der Waals surface area contributed by atoms with Crippen LogP contribution in [0.25, 0.3) is 0 Å². The Balaban J connectivity index is 1.77. The van der Waals surface area contributed by atoms with Gasteiger partial charge in [0, 0.05) is 5.92 Å². The molecule has 2 saturated carbocycles. The fraction of sp³-hybridized carbons (Fsp3) is 0.611. The Morgan fingerprint density at radius 3 is 2.22 bits per heavy atom. The van der Waals surface area contributed by atoms with E-state index in [2.05, 4.69) is 30.3 Å². The zero-order chi connectivity index (χ0) is 12.2. The zero-order valence-electron chi connectivity index (χ0n) is 11.4. The maximum atomic E-state index is 2.33. The molecule has 3 rings (SSSR count). The summed E-state index contributed by atoms with van der Waals surface area (Å²) in [5, 5.41) is 0. The summed E-state index contributed by atoms with van der Waals surface area (Å²) in [7, 11) is 0. The predicted molar refractivity (Wildman–Crippen MR) is 77.3 cm³/mol. The summed E-state index contributed by atoms with van der Waals surface area (Å²) >= 11 is 0. The molecule has 0 N–H and O–H groups in total. The van der Waals surface area contributed by atoms with Gasteiger partial charge in [0.05, 0.1) is 0 Å². The van der Waals surface area contributed by atoms with Crippen LogP contribution < -0.4 is 0 Å². The van der Waals surface area contributed by atoms with E-state index >= 15 is 0 Å². The molecule has 1 aromatic carbocycles. The van der Waals surface area contributed by atoms with Crippen molar-refractivity contribution in [1.29, 1.82) is 0 Å². The molecule has 1 radical (unpaired) electrons. The fourth-order valence-corrected chi connectivity index (χ4v) is 4.11. The molecule has 0 nitrogen and oxygen atoms in total. The molecule has 0 saturated heterocycles. The molecular formula is C18H25. The predicted octanol–water partition coefficient (Wildman–Crippen LogP) is 5.38. The molecule has 0 amide bonds. The van der Waals surface area contributed by atoms with Crippen LogP contribution in [0, 0.1) is 17.8 Å². The monoisotopic (exact) mass is 241 g/mol. The van der Waals surface area contributed by atoms with Crippen molar-refractivity contribution in [2.24, 2.45) is 11.8 Å². The van der Waals surface area contributed by atoms with Crippen LogP contribution in [0.15, 0.2) is 30.3 Å². The lowest BCUT2D eigenvalue weighted by molar-refractivity contribution is 0.222. The Hall–Kier alpha value is -0.780. The highest BCUT2D eigenvalue weighted by molar-refractivity contribution is 5.32. The quantitative estimate of drug-likeness (QED) is 0.652. The lowest BCUT2D eigenvalue weighted by Gasteiger charge is -2.39. The largest absolute Gasteiger partial charge is 0.0622 e. The van der Waals surface area contributed by atoms with Gasteiger partial charge in [-0.2, -0.15) is 0 Å². The zero-order valence-corrected chi connectivity index (χ0v) is 11.4. The molecule has 0 unspecified atom stereocenters. The van der Waals surface area contributed by atoms with Crippen LogP contribution in [0.4, 0.5) is 0 Å². The molecule has 0 spiro atoms. The fourth-order valence-electron chi connectivity index (χ4n) is 4.11. The van der Waals surface area contributed by atoms with Crippen LogP contribution in [-0.4, -0.2) is 0 Å². The van der Waals surface area contributed by atoms with Gasteiger partial charge >= 0.3 is 0 Å². The van der Waals surface area contributed by atoms with E-state index in [1.807, 2.05) is 0 Å². The van der Waals surface area contributed by atoms with Gasteiger partial charge in [-0.15, -0.1) is 0 Å². The first-order chi connectivity index (χ1) is 8.95. The maximum absolute atomic E-state index is 2.33. The lowest BCUT2D eigenvalue weighted by atomic mass is 9.66. The van der Waals surface area contributed by atoms with Gasteiger partial charge in [0.1, 0.15) is 0 Å². The average molecular weight is 241 g/mol. The van der Waals surface area contributed by atoms with Gasteiger partial charge < -0.3 is 0 Å². The molecule has 2 aliphatic carbocycles. The Morgan fingerprint density at radius 2 is 1.44 bits per heavy atom.